The first-order chi connectivity index (χ1) is 10.4. The SMILES string of the molecule is Cc1ccc(Cl)c(Sc2ccc(Cl)cc2[N+](=O)[O-])c1NC=O. The Morgan fingerprint density at radius 1 is 1.27 bits per heavy atom. The van der Waals surface area contributed by atoms with E-state index in [9.17, 15) is 14.9 Å². The molecule has 2 aromatic carbocycles. The second-order valence-electron chi connectivity index (χ2n) is 4.30. The van der Waals surface area contributed by atoms with Gasteiger partial charge in [0.1, 0.15) is 0 Å². The van der Waals surface area contributed by atoms with Crippen LogP contribution in [0.5, 0.6) is 0 Å². The maximum absolute atomic E-state index is 11.2. The number of amides is 1. The minimum absolute atomic E-state index is 0.118. The Bertz CT molecular complexity index is 753. The maximum Gasteiger partial charge on any atom is 0.284 e. The molecule has 0 spiro atoms. The van der Waals surface area contributed by atoms with Gasteiger partial charge in [0.15, 0.2) is 0 Å². The van der Waals surface area contributed by atoms with Crippen LogP contribution in [0.2, 0.25) is 10.0 Å². The van der Waals surface area contributed by atoms with Gasteiger partial charge in [0.2, 0.25) is 6.41 Å². The molecule has 0 radical (unpaired) electrons. The molecule has 0 saturated carbocycles. The molecule has 114 valence electrons. The number of rotatable bonds is 5. The quantitative estimate of drug-likeness (QED) is 0.468. The molecule has 2 rings (SSSR count). The highest BCUT2D eigenvalue weighted by atomic mass is 35.5. The Morgan fingerprint density at radius 3 is 2.64 bits per heavy atom. The van der Waals surface area contributed by atoms with Crippen molar-refractivity contribution in [2.45, 2.75) is 16.7 Å². The molecule has 0 bridgehead atoms. The summed E-state index contributed by atoms with van der Waals surface area (Å²) < 4.78 is 0. The van der Waals surface area contributed by atoms with Gasteiger partial charge in [-0.05, 0) is 30.7 Å². The Balaban J connectivity index is 2.54. The number of nitro groups is 1. The number of carbonyl (C=O) groups is 1. The first-order valence-electron chi connectivity index (χ1n) is 6.05. The molecule has 1 N–H and O–H groups in total. The largest absolute Gasteiger partial charge is 0.327 e. The summed E-state index contributed by atoms with van der Waals surface area (Å²) in [6.07, 6.45) is 0.541. The molecule has 5 nitrogen and oxygen atoms in total. The fourth-order valence-corrected chi connectivity index (χ4v) is 3.34. The lowest BCUT2D eigenvalue weighted by molar-refractivity contribution is -0.387. The molecule has 0 aliphatic rings. The van der Waals surface area contributed by atoms with Crippen molar-refractivity contribution in [3.8, 4) is 0 Å². The number of halogens is 2. The molecule has 0 aliphatic heterocycles. The number of nitrogens with one attached hydrogen (secondary N) is 1. The van der Waals surface area contributed by atoms with Gasteiger partial charge < -0.3 is 5.32 Å². The summed E-state index contributed by atoms with van der Waals surface area (Å²) in [5.74, 6) is 0. The molecule has 0 aromatic heterocycles. The van der Waals surface area contributed by atoms with Crippen LogP contribution in [0.1, 0.15) is 5.56 Å². The number of carbonyl (C=O) groups excluding carboxylic acids is 1. The van der Waals surface area contributed by atoms with Crippen LogP contribution < -0.4 is 5.32 Å². The molecule has 0 heterocycles. The Kier molecular flexibility index (Phi) is 5.28. The topological polar surface area (TPSA) is 72.2 Å². The van der Waals surface area contributed by atoms with E-state index in [0.717, 1.165) is 17.3 Å². The lowest BCUT2D eigenvalue weighted by Crippen LogP contribution is -1.99. The second-order valence-corrected chi connectivity index (χ2v) is 6.20. The van der Waals surface area contributed by atoms with Crippen molar-refractivity contribution in [2.75, 3.05) is 5.32 Å². The van der Waals surface area contributed by atoms with E-state index in [2.05, 4.69) is 5.32 Å². The monoisotopic (exact) mass is 356 g/mol. The number of aryl methyl sites for hydroxylation is 1. The van der Waals surface area contributed by atoms with E-state index >= 15 is 0 Å². The third-order valence-corrected chi connectivity index (χ3v) is 4.71. The fourth-order valence-electron chi connectivity index (χ4n) is 1.82. The molecule has 0 unspecified atom stereocenters. The molecule has 0 aliphatic carbocycles. The van der Waals surface area contributed by atoms with Gasteiger partial charge in [-0.25, -0.2) is 0 Å². The smallest absolute Gasteiger partial charge is 0.284 e. The third kappa shape index (κ3) is 3.52. The van der Waals surface area contributed by atoms with Crippen molar-refractivity contribution in [3.05, 3.63) is 56.1 Å². The molecular weight excluding hydrogens is 347 g/mol. The van der Waals surface area contributed by atoms with Gasteiger partial charge in [0.05, 0.1) is 25.4 Å². The zero-order valence-corrected chi connectivity index (χ0v) is 13.6. The Hall–Kier alpha value is -1.76. The summed E-state index contributed by atoms with van der Waals surface area (Å²) in [6.45, 7) is 1.81. The average molecular weight is 357 g/mol. The third-order valence-electron chi connectivity index (χ3n) is 2.85. The molecule has 0 fully saturated rings. The molecule has 8 heteroatoms. The minimum atomic E-state index is -0.509. The molecule has 22 heavy (non-hydrogen) atoms. The summed E-state index contributed by atoms with van der Waals surface area (Å²) >= 11 is 13.1. The Morgan fingerprint density at radius 2 is 2.00 bits per heavy atom. The van der Waals surface area contributed by atoms with Crippen molar-refractivity contribution in [3.63, 3.8) is 0 Å². The summed E-state index contributed by atoms with van der Waals surface area (Å²) in [7, 11) is 0. The van der Waals surface area contributed by atoms with Crippen LogP contribution in [0, 0.1) is 17.0 Å². The lowest BCUT2D eigenvalue weighted by atomic mass is 10.2. The number of anilines is 1. The van der Waals surface area contributed by atoms with E-state index in [1.54, 1.807) is 24.3 Å². The number of benzene rings is 2. The maximum atomic E-state index is 11.2. The molecule has 0 atom stereocenters. The number of nitrogens with zero attached hydrogens (tertiary/aromatic N) is 1. The van der Waals surface area contributed by atoms with Gasteiger partial charge in [-0.1, -0.05) is 41.0 Å². The zero-order chi connectivity index (χ0) is 16.3. The Labute approximate surface area is 140 Å². The van der Waals surface area contributed by atoms with E-state index in [1.807, 2.05) is 6.92 Å². The van der Waals surface area contributed by atoms with Gasteiger partial charge in [-0.15, -0.1) is 0 Å². The van der Waals surface area contributed by atoms with Gasteiger partial charge in [-0.3, -0.25) is 14.9 Å². The summed E-state index contributed by atoms with van der Waals surface area (Å²) in [5, 5.41) is 14.4. The standard InChI is InChI=1S/C14H10Cl2N2O3S/c1-8-2-4-10(16)14(13(8)17-7-19)22-12-5-3-9(15)6-11(12)18(20)21/h2-7H,1H3,(H,17,19). The van der Waals surface area contributed by atoms with Crippen LogP contribution in [0.4, 0.5) is 11.4 Å². The average Bonchev–Trinajstić information content (AvgIpc) is 2.47. The zero-order valence-electron chi connectivity index (χ0n) is 11.3. The lowest BCUT2D eigenvalue weighted by Gasteiger charge is -2.13. The fraction of sp³-hybridized carbons (Fsp3) is 0.0714. The van der Waals surface area contributed by atoms with Crippen LogP contribution >= 0.6 is 35.0 Å². The predicted octanol–water partition coefficient (Wildman–Crippen LogP) is 4.93. The number of hydrogen-bond acceptors (Lipinski definition) is 4. The van der Waals surface area contributed by atoms with Gasteiger partial charge in [0.25, 0.3) is 5.69 Å². The molecular formula is C14H10Cl2N2O3S. The van der Waals surface area contributed by atoms with E-state index < -0.39 is 4.92 Å². The first-order valence-corrected chi connectivity index (χ1v) is 7.62. The summed E-state index contributed by atoms with van der Waals surface area (Å²) in [6, 6.07) is 7.83. The van der Waals surface area contributed by atoms with Crippen molar-refractivity contribution in [2.24, 2.45) is 0 Å². The first kappa shape index (κ1) is 16.6. The normalized spacial score (nSPS) is 10.3. The summed E-state index contributed by atoms with van der Waals surface area (Å²) in [4.78, 5) is 22.3. The highest BCUT2D eigenvalue weighted by Gasteiger charge is 2.19. The summed E-state index contributed by atoms with van der Waals surface area (Å²) in [5.41, 5.74) is 1.21. The molecule has 2 aromatic rings. The van der Waals surface area contributed by atoms with Crippen LogP contribution in [0.3, 0.4) is 0 Å². The van der Waals surface area contributed by atoms with Crippen LogP contribution in [-0.4, -0.2) is 11.3 Å². The molecule has 0 saturated heterocycles. The van der Waals surface area contributed by atoms with Crippen molar-refractivity contribution < 1.29 is 9.72 Å². The van der Waals surface area contributed by atoms with Crippen LogP contribution in [-0.2, 0) is 4.79 Å². The second kappa shape index (κ2) is 7.00. The molecule has 1 amide bonds. The van der Waals surface area contributed by atoms with Crippen molar-refractivity contribution in [1.29, 1.82) is 0 Å². The van der Waals surface area contributed by atoms with E-state index in [4.69, 9.17) is 23.2 Å². The van der Waals surface area contributed by atoms with Crippen molar-refractivity contribution >= 4 is 52.7 Å². The number of hydrogen-bond donors (Lipinski definition) is 1. The van der Waals surface area contributed by atoms with Gasteiger partial charge in [0, 0.05) is 11.1 Å². The van der Waals surface area contributed by atoms with Gasteiger partial charge in [-0.2, -0.15) is 0 Å². The highest BCUT2D eigenvalue weighted by Crippen LogP contribution is 2.43. The van der Waals surface area contributed by atoms with Gasteiger partial charge >= 0.3 is 0 Å². The predicted molar refractivity (Wildman–Crippen MR) is 88.1 cm³/mol. The van der Waals surface area contributed by atoms with Crippen LogP contribution in [0.25, 0.3) is 0 Å². The van der Waals surface area contributed by atoms with E-state index in [1.165, 1.54) is 6.07 Å². The minimum Gasteiger partial charge on any atom is -0.327 e. The van der Waals surface area contributed by atoms with Crippen molar-refractivity contribution in [1.82, 2.24) is 0 Å². The van der Waals surface area contributed by atoms with E-state index in [-0.39, 0.29) is 10.7 Å². The van der Waals surface area contributed by atoms with E-state index in [0.29, 0.717) is 26.9 Å². The van der Waals surface area contributed by atoms with Crippen LogP contribution in [0.15, 0.2) is 40.1 Å². The number of nitro benzene ring substituents is 1. The highest BCUT2D eigenvalue weighted by molar-refractivity contribution is 7.99.